The van der Waals surface area contributed by atoms with Gasteiger partial charge in [0.15, 0.2) is 0 Å². The Kier molecular flexibility index (Phi) is 4.15. The molecule has 1 rings (SSSR count). The van der Waals surface area contributed by atoms with Crippen molar-refractivity contribution in [2.45, 2.75) is 12.8 Å². The van der Waals surface area contributed by atoms with Crippen LogP contribution in [-0.4, -0.2) is 19.3 Å². The van der Waals surface area contributed by atoms with Gasteiger partial charge < -0.3 is 0 Å². The van der Waals surface area contributed by atoms with Crippen molar-refractivity contribution < 1.29 is 40.7 Å². The summed E-state index contributed by atoms with van der Waals surface area (Å²) in [5.74, 6) is -0.296. The quantitative estimate of drug-likeness (QED) is 0.438. The van der Waals surface area contributed by atoms with Crippen LogP contribution < -0.4 is 5.32 Å². The summed E-state index contributed by atoms with van der Waals surface area (Å²) in [4.78, 5) is 20.2. The molecule has 1 aliphatic heterocycles. The van der Waals surface area contributed by atoms with Gasteiger partial charge in [-0.05, 0) is 0 Å². The van der Waals surface area contributed by atoms with E-state index in [1.165, 1.54) is 0 Å². The molecule has 1 heterocycles. The number of hydrogen-bond acceptors (Lipinski definition) is 4. The first-order valence-electron chi connectivity index (χ1n) is 2.81. The van der Waals surface area contributed by atoms with Crippen LogP contribution in [0.2, 0.25) is 0 Å². The molecule has 1 saturated heterocycles. The zero-order chi connectivity index (χ0) is 9.78. The van der Waals surface area contributed by atoms with Gasteiger partial charge in [-0.1, -0.05) is 0 Å². The summed E-state index contributed by atoms with van der Waals surface area (Å²) >= 11 is -5.67. The van der Waals surface area contributed by atoms with Crippen LogP contribution in [0.1, 0.15) is 12.8 Å². The number of amides is 2. The Balaban J connectivity index is 0.000000217. The van der Waals surface area contributed by atoms with Crippen molar-refractivity contribution >= 4 is 11.8 Å². The molecule has 0 aromatic carbocycles. The molecule has 70 valence electrons. The van der Waals surface area contributed by atoms with Gasteiger partial charge in [0.05, 0.1) is 0 Å². The molecule has 0 aromatic rings. The van der Waals surface area contributed by atoms with Crippen molar-refractivity contribution in [3.8, 4) is 0 Å². The second kappa shape index (κ2) is 4.39. The van der Waals surface area contributed by atoms with Crippen LogP contribution in [0.5, 0.6) is 0 Å². The van der Waals surface area contributed by atoms with E-state index in [9.17, 15) is 9.59 Å². The third-order valence-corrected chi connectivity index (χ3v) is 0.858. The molecule has 3 N–H and O–H groups in total. The van der Waals surface area contributed by atoms with E-state index in [-0.39, 0.29) is 11.8 Å². The zero-order valence-electron chi connectivity index (χ0n) is 5.85. The summed E-state index contributed by atoms with van der Waals surface area (Å²) in [5.41, 5.74) is 0. The van der Waals surface area contributed by atoms with E-state index in [4.69, 9.17) is 14.3 Å². The molecule has 12 heavy (non-hydrogen) atoms. The summed E-state index contributed by atoms with van der Waals surface area (Å²) in [6.45, 7) is 0. The van der Waals surface area contributed by atoms with E-state index in [1.807, 2.05) is 0 Å². The molecule has 0 aromatic heterocycles. The summed E-state index contributed by atoms with van der Waals surface area (Å²) in [5, 5.41) is 2.14. The van der Waals surface area contributed by atoms with Gasteiger partial charge in [0.2, 0.25) is 11.8 Å². The van der Waals surface area contributed by atoms with Crippen molar-refractivity contribution in [2.75, 3.05) is 0 Å². The SMILES string of the molecule is O=C1CCC(=O)N1.[O]=[W](=[O])([OH])[OH]. The van der Waals surface area contributed by atoms with Crippen molar-refractivity contribution in [1.29, 1.82) is 0 Å². The number of carbonyl (C=O) groups excluding carboxylic acids is 2. The number of rotatable bonds is 0. The normalized spacial score (nSPS) is 16.5. The van der Waals surface area contributed by atoms with Crippen molar-refractivity contribution in [3.63, 3.8) is 0 Å². The van der Waals surface area contributed by atoms with Gasteiger partial charge in [-0.25, -0.2) is 0 Å². The standard InChI is InChI=1S/C4H5NO2.2H2O.2O.W/c6-3-1-2-4(7)5-3;;;;;/h1-2H2,(H,5,6,7);2*1H2;;;/q;;;;;+2/p-2. The number of carbonyl (C=O) groups is 2. The van der Waals surface area contributed by atoms with E-state index in [0.717, 1.165) is 0 Å². The Morgan fingerprint density at radius 3 is 1.42 bits per heavy atom. The van der Waals surface area contributed by atoms with Crippen LogP contribution in [-0.2, 0) is 33.1 Å². The third kappa shape index (κ3) is 9.35. The molecule has 7 nitrogen and oxygen atoms in total. The van der Waals surface area contributed by atoms with Crippen molar-refractivity contribution in [3.05, 3.63) is 0 Å². The fourth-order valence-electron chi connectivity index (χ4n) is 0.508. The van der Waals surface area contributed by atoms with Crippen LogP contribution in [0.25, 0.3) is 0 Å². The Hall–Kier alpha value is -0.652. The molecule has 0 bridgehead atoms. The first-order valence-corrected chi connectivity index (χ1v) is 7.83. The summed E-state index contributed by atoms with van der Waals surface area (Å²) < 4.78 is 32.1. The number of imide groups is 1. The maximum absolute atomic E-state index is 10.1. The monoisotopic (exact) mass is 349 g/mol. The van der Waals surface area contributed by atoms with Crippen LogP contribution >= 0.6 is 0 Å². The second-order valence-corrected chi connectivity index (χ2v) is 5.14. The topological polar surface area (TPSA) is 121 Å². The Morgan fingerprint density at radius 2 is 1.33 bits per heavy atom. The molecule has 0 atom stereocenters. The molecule has 1 aliphatic rings. The van der Waals surface area contributed by atoms with Gasteiger partial charge in [0.25, 0.3) is 0 Å². The van der Waals surface area contributed by atoms with Crippen LogP contribution in [0.3, 0.4) is 0 Å². The van der Waals surface area contributed by atoms with E-state index in [2.05, 4.69) is 5.32 Å². The summed E-state index contributed by atoms with van der Waals surface area (Å²) in [6.07, 6.45) is 0.748. The molecule has 2 amide bonds. The van der Waals surface area contributed by atoms with E-state index < -0.39 is 16.7 Å². The fraction of sp³-hybridized carbons (Fsp3) is 0.500. The van der Waals surface area contributed by atoms with Gasteiger partial charge in [0, 0.05) is 12.8 Å². The molecular formula is C4H7NO6W. The zero-order valence-corrected chi connectivity index (χ0v) is 8.78. The Bertz CT molecular complexity index is 258. The van der Waals surface area contributed by atoms with Gasteiger partial charge in [0.1, 0.15) is 0 Å². The minimum atomic E-state index is -5.67. The van der Waals surface area contributed by atoms with Crippen LogP contribution in [0, 0.1) is 0 Å². The van der Waals surface area contributed by atoms with Crippen molar-refractivity contribution in [2.24, 2.45) is 0 Å². The first kappa shape index (κ1) is 11.3. The Labute approximate surface area is 71.1 Å². The van der Waals surface area contributed by atoms with Gasteiger partial charge in [-0.3, -0.25) is 14.9 Å². The van der Waals surface area contributed by atoms with E-state index in [0.29, 0.717) is 12.8 Å². The number of hydrogen-bond donors (Lipinski definition) is 3. The average Bonchev–Trinajstić information content (AvgIpc) is 2.09. The van der Waals surface area contributed by atoms with Gasteiger partial charge in [-0.2, -0.15) is 0 Å². The second-order valence-electron chi connectivity index (χ2n) is 1.92. The molecule has 0 aliphatic carbocycles. The molecule has 8 heteroatoms. The first-order chi connectivity index (χ1) is 5.29. The number of nitrogens with one attached hydrogen (secondary N) is 1. The molecule has 0 saturated carbocycles. The minimum absolute atomic E-state index is 0.148. The predicted molar refractivity (Wildman–Crippen MR) is 28.2 cm³/mol. The Morgan fingerprint density at radius 1 is 1.08 bits per heavy atom. The molecule has 0 radical (unpaired) electrons. The molecule has 0 spiro atoms. The summed E-state index contributed by atoms with van der Waals surface area (Å²) in [7, 11) is 0. The van der Waals surface area contributed by atoms with E-state index >= 15 is 0 Å². The molecule has 0 unspecified atom stereocenters. The third-order valence-electron chi connectivity index (χ3n) is 0.858. The average molecular weight is 349 g/mol. The van der Waals surface area contributed by atoms with Gasteiger partial charge >= 0.3 is 31.1 Å². The predicted octanol–water partition coefficient (Wildman–Crippen LogP) is -1.93. The maximum atomic E-state index is 10.1. The fourth-order valence-corrected chi connectivity index (χ4v) is 0.508. The summed E-state index contributed by atoms with van der Waals surface area (Å²) in [6, 6.07) is 0. The molecular weight excluding hydrogens is 342 g/mol. The van der Waals surface area contributed by atoms with Crippen molar-refractivity contribution in [1.82, 2.24) is 5.32 Å². The van der Waals surface area contributed by atoms with E-state index in [1.54, 1.807) is 0 Å². The van der Waals surface area contributed by atoms with Crippen LogP contribution in [0.15, 0.2) is 0 Å². The molecule has 1 fully saturated rings. The van der Waals surface area contributed by atoms with Crippen LogP contribution in [0.4, 0.5) is 0 Å². The van der Waals surface area contributed by atoms with Gasteiger partial charge in [-0.15, -0.1) is 0 Å².